The molecule has 3 heterocycles. The molecule has 0 N–H and O–H groups in total. The fraction of sp³-hybridized carbons (Fsp3) is 0.267. The third-order valence-corrected chi connectivity index (χ3v) is 3.73. The Morgan fingerprint density at radius 3 is 2.68 bits per heavy atom. The van der Waals surface area contributed by atoms with Crippen molar-refractivity contribution in [1.82, 2.24) is 24.5 Å². The van der Waals surface area contributed by atoms with E-state index in [0.717, 1.165) is 27.8 Å². The van der Waals surface area contributed by atoms with Crippen LogP contribution < -0.4 is 4.74 Å². The van der Waals surface area contributed by atoms with Gasteiger partial charge in [0.1, 0.15) is 6.61 Å². The van der Waals surface area contributed by atoms with Crippen LogP contribution in [0.4, 0.5) is 0 Å². The van der Waals surface area contributed by atoms with Crippen LogP contribution in [-0.2, 0) is 0 Å². The third-order valence-electron chi connectivity index (χ3n) is 3.17. The van der Waals surface area contributed by atoms with E-state index in [1.54, 1.807) is 16.9 Å². The smallest absolute Gasteiger partial charge is 0.213 e. The number of halogens is 1. The Bertz CT molecular complexity index is 769. The highest BCUT2D eigenvalue weighted by molar-refractivity contribution is 9.10. The van der Waals surface area contributed by atoms with Gasteiger partial charge in [0.25, 0.3) is 0 Å². The standard InChI is InChI=1S/C15H16BrN5O/c1-20(2)5-6-22-14-4-3-11(7-17-14)12-8-18-15-13(16)9-19-21(15)10-12/h3-4,7-10H,5-6H2,1-2H3. The van der Waals surface area contributed by atoms with Crippen molar-refractivity contribution in [1.29, 1.82) is 0 Å². The van der Waals surface area contributed by atoms with Gasteiger partial charge in [-0.2, -0.15) is 5.10 Å². The molecule has 3 aromatic rings. The molecule has 0 atom stereocenters. The number of hydrogen-bond donors (Lipinski definition) is 0. The number of rotatable bonds is 5. The van der Waals surface area contributed by atoms with E-state index in [4.69, 9.17) is 4.74 Å². The van der Waals surface area contributed by atoms with Gasteiger partial charge in [-0.25, -0.2) is 14.5 Å². The molecule has 0 aromatic carbocycles. The normalized spacial score (nSPS) is 11.3. The second-order valence-corrected chi connectivity index (χ2v) is 5.99. The topological polar surface area (TPSA) is 55.5 Å². The highest BCUT2D eigenvalue weighted by atomic mass is 79.9. The second kappa shape index (κ2) is 6.41. The van der Waals surface area contributed by atoms with Gasteiger partial charge in [0.05, 0.1) is 10.7 Å². The Morgan fingerprint density at radius 1 is 1.14 bits per heavy atom. The molecular weight excluding hydrogens is 346 g/mol. The van der Waals surface area contributed by atoms with E-state index in [9.17, 15) is 0 Å². The lowest BCUT2D eigenvalue weighted by Gasteiger charge is -2.10. The van der Waals surface area contributed by atoms with Gasteiger partial charge >= 0.3 is 0 Å². The molecule has 0 fully saturated rings. The van der Waals surface area contributed by atoms with Crippen molar-refractivity contribution >= 4 is 21.6 Å². The minimum absolute atomic E-state index is 0.619. The summed E-state index contributed by atoms with van der Waals surface area (Å²) in [4.78, 5) is 10.8. The summed E-state index contributed by atoms with van der Waals surface area (Å²) >= 11 is 3.41. The third kappa shape index (κ3) is 3.26. The first-order valence-electron chi connectivity index (χ1n) is 6.86. The number of fused-ring (bicyclic) bond motifs is 1. The molecule has 6 nitrogen and oxygen atoms in total. The Balaban J connectivity index is 1.76. The summed E-state index contributed by atoms with van der Waals surface area (Å²) in [7, 11) is 4.02. The highest BCUT2D eigenvalue weighted by Crippen LogP contribution is 2.22. The Labute approximate surface area is 136 Å². The summed E-state index contributed by atoms with van der Waals surface area (Å²) in [6, 6.07) is 3.84. The molecule has 0 unspecified atom stereocenters. The first-order valence-corrected chi connectivity index (χ1v) is 7.65. The fourth-order valence-corrected chi connectivity index (χ4v) is 2.34. The van der Waals surface area contributed by atoms with Crippen LogP contribution in [0.1, 0.15) is 0 Å². The van der Waals surface area contributed by atoms with Crippen LogP contribution in [0.25, 0.3) is 16.8 Å². The van der Waals surface area contributed by atoms with Gasteiger partial charge in [-0.1, -0.05) is 0 Å². The maximum atomic E-state index is 5.59. The van der Waals surface area contributed by atoms with Crippen molar-refractivity contribution in [3.05, 3.63) is 41.4 Å². The van der Waals surface area contributed by atoms with Crippen LogP contribution >= 0.6 is 15.9 Å². The maximum absolute atomic E-state index is 5.59. The van der Waals surface area contributed by atoms with E-state index in [0.29, 0.717) is 12.5 Å². The number of nitrogens with zero attached hydrogens (tertiary/aromatic N) is 5. The molecule has 7 heteroatoms. The molecule has 0 aliphatic heterocycles. The van der Waals surface area contributed by atoms with Gasteiger partial charge in [0.15, 0.2) is 5.65 Å². The zero-order valence-corrected chi connectivity index (χ0v) is 14.0. The van der Waals surface area contributed by atoms with E-state index in [2.05, 4.69) is 35.9 Å². The van der Waals surface area contributed by atoms with Gasteiger partial charge < -0.3 is 9.64 Å². The number of likely N-dealkylation sites (N-methyl/N-ethyl adjacent to an activating group) is 1. The van der Waals surface area contributed by atoms with Crippen LogP contribution in [-0.4, -0.2) is 51.7 Å². The Morgan fingerprint density at radius 2 is 1.95 bits per heavy atom. The molecule has 3 aromatic heterocycles. The predicted octanol–water partition coefficient (Wildman–Crippen LogP) is 2.49. The minimum Gasteiger partial charge on any atom is -0.476 e. The first kappa shape index (κ1) is 14.9. The lowest BCUT2D eigenvalue weighted by Crippen LogP contribution is -2.19. The van der Waals surface area contributed by atoms with Gasteiger partial charge in [-0.3, -0.25) is 0 Å². The average molecular weight is 362 g/mol. The SMILES string of the molecule is CN(C)CCOc1ccc(-c2cnc3c(Br)cnn3c2)cn1. The quantitative estimate of drug-likeness (QED) is 0.698. The van der Waals surface area contributed by atoms with Gasteiger partial charge in [0, 0.05) is 42.3 Å². The van der Waals surface area contributed by atoms with Gasteiger partial charge in [0.2, 0.25) is 5.88 Å². The van der Waals surface area contributed by atoms with Crippen LogP contribution in [0.15, 0.2) is 41.4 Å². The van der Waals surface area contributed by atoms with Crippen molar-refractivity contribution < 1.29 is 4.74 Å². The van der Waals surface area contributed by atoms with Crippen LogP contribution in [0.5, 0.6) is 5.88 Å². The zero-order chi connectivity index (χ0) is 15.5. The average Bonchev–Trinajstić information content (AvgIpc) is 2.88. The minimum atomic E-state index is 0.619. The van der Waals surface area contributed by atoms with Crippen molar-refractivity contribution in [3.8, 4) is 17.0 Å². The molecule has 22 heavy (non-hydrogen) atoms. The lowest BCUT2D eigenvalue weighted by atomic mass is 10.1. The molecule has 0 saturated carbocycles. The Hall–Kier alpha value is -1.99. The molecule has 0 saturated heterocycles. The molecule has 0 aliphatic carbocycles. The van der Waals surface area contributed by atoms with Crippen LogP contribution in [0.2, 0.25) is 0 Å². The molecule has 0 bridgehead atoms. The lowest BCUT2D eigenvalue weighted by molar-refractivity contribution is 0.254. The number of aromatic nitrogens is 4. The summed E-state index contributed by atoms with van der Waals surface area (Å²) < 4.78 is 8.20. The fourth-order valence-electron chi connectivity index (χ4n) is 1.96. The summed E-state index contributed by atoms with van der Waals surface area (Å²) in [5, 5.41) is 4.24. The molecule has 0 radical (unpaired) electrons. The zero-order valence-electron chi connectivity index (χ0n) is 12.4. The highest BCUT2D eigenvalue weighted by Gasteiger charge is 2.06. The van der Waals surface area contributed by atoms with Crippen molar-refractivity contribution in [2.75, 3.05) is 27.2 Å². The van der Waals surface area contributed by atoms with E-state index < -0.39 is 0 Å². The van der Waals surface area contributed by atoms with Crippen molar-refractivity contribution in [2.45, 2.75) is 0 Å². The number of hydrogen-bond acceptors (Lipinski definition) is 5. The first-order chi connectivity index (χ1) is 10.6. The van der Waals surface area contributed by atoms with Gasteiger partial charge in [-0.05, 0) is 36.1 Å². The molecule has 0 spiro atoms. The summed E-state index contributed by atoms with van der Waals surface area (Å²) in [5.74, 6) is 0.626. The molecule has 3 rings (SSSR count). The summed E-state index contributed by atoms with van der Waals surface area (Å²) in [6.45, 7) is 1.48. The number of ether oxygens (including phenoxy) is 1. The van der Waals surface area contributed by atoms with E-state index in [-0.39, 0.29) is 0 Å². The molecular formula is C15H16BrN5O. The summed E-state index contributed by atoms with van der Waals surface area (Å²) in [6.07, 6.45) is 7.25. The molecule has 114 valence electrons. The van der Waals surface area contributed by atoms with Crippen LogP contribution in [0.3, 0.4) is 0 Å². The largest absolute Gasteiger partial charge is 0.476 e. The summed E-state index contributed by atoms with van der Waals surface area (Å²) in [5.41, 5.74) is 2.72. The van der Waals surface area contributed by atoms with Gasteiger partial charge in [-0.15, -0.1) is 0 Å². The number of pyridine rings is 1. The van der Waals surface area contributed by atoms with Crippen molar-refractivity contribution in [2.24, 2.45) is 0 Å². The predicted molar refractivity (Wildman–Crippen MR) is 88.0 cm³/mol. The van der Waals surface area contributed by atoms with Crippen molar-refractivity contribution in [3.63, 3.8) is 0 Å². The van der Waals surface area contributed by atoms with Crippen LogP contribution in [0, 0.1) is 0 Å². The van der Waals surface area contributed by atoms with E-state index in [1.165, 1.54) is 0 Å². The maximum Gasteiger partial charge on any atom is 0.213 e. The second-order valence-electron chi connectivity index (χ2n) is 5.14. The Kier molecular flexibility index (Phi) is 4.35. The van der Waals surface area contributed by atoms with E-state index >= 15 is 0 Å². The molecule has 0 aliphatic rings. The molecule has 0 amide bonds. The van der Waals surface area contributed by atoms with E-state index in [1.807, 2.05) is 38.6 Å². The monoisotopic (exact) mass is 361 g/mol.